The molecule has 0 bridgehead atoms. The molecule has 0 aliphatic rings. The fourth-order valence-electron chi connectivity index (χ4n) is 0.571. The summed E-state index contributed by atoms with van der Waals surface area (Å²) >= 11 is 1.13. The lowest BCUT2D eigenvalue weighted by atomic mass is 10.7. The van der Waals surface area contributed by atoms with Crippen LogP contribution in [-0.2, 0) is 4.79 Å². The number of aromatic amines is 1. The van der Waals surface area contributed by atoms with E-state index in [-0.39, 0.29) is 5.75 Å². The topological polar surface area (TPSA) is 114 Å². The highest BCUT2D eigenvalue weighted by Gasteiger charge is 2.05. The van der Waals surface area contributed by atoms with Gasteiger partial charge in [0.15, 0.2) is 5.16 Å². The van der Waals surface area contributed by atoms with E-state index in [9.17, 15) is 9.59 Å². The predicted octanol–water partition coefficient (Wildman–Crippen LogP) is -0.908. The average molecular weight is 201 g/mol. The molecule has 0 fully saturated rings. The van der Waals surface area contributed by atoms with Crippen molar-refractivity contribution >= 4 is 23.7 Å². The van der Waals surface area contributed by atoms with Crippen LogP contribution in [0.1, 0.15) is 0 Å². The van der Waals surface area contributed by atoms with Crippen LogP contribution < -0.4 is 11.1 Å². The van der Waals surface area contributed by atoms with E-state index in [1.807, 2.05) is 5.32 Å². The number of hydrogen-bond donors (Lipinski definition) is 3. The van der Waals surface area contributed by atoms with Gasteiger partial charge in [0.1, 0.15) is 6.33 Å². The maximum atomic E-state index is 10.9. The summed E-state index contributed by atoms with van der Waals surface area (Å²) in [5.74, 6) is -0.396. The molecule has 1 aromatic rings. The van der Waals surface area contributed by atoms with Gasteiger partial charge in [-0.05, 0) is 0 Å². The van der Waals surface area contributed by atoms with Crippen LogP contribution in [0.3, 0.4) is 0 Å². The number of nitrogens with one attached hydrogen (secondary N) is 2. The lowest BCUT2D eigenvalue weighted by Gasteiger charge is -1.97. The molecule has 0 radical (unpaired) electrons. The number of imide groups is 1. The maximum Gasteiger partial charge on any atom is 0.318 e. The molecule has 7 nitrogen and oxygen atoms in total. The second kappa shape index (κ2) is 4.45. The van der Waals surface area contributed by atoms with Gasteiger partial charge in [-0.25, -0.2) is 9.78 Å². The van der Waals surface area contributed by atoms with E-state index in [1.165, 1.54) is 6.33 Å². The van der Waals surface area contributed by atoms with Crippen LogP contribution in [0.15, 0.2) is 11.5 Å². The summed E-state index contributed by atoms with van der Waals surface area (Å²) in [5, 5.41) is 8.57. The van der Waals surface area contributed by atoms with Gasteiger partial charge in [0.25, 0.3) is 0 Å². The van der Waals surface area contributed by atoms with Crippen LogP contribution in [0.2, 0.25) is 0 Å². The summed E-state index contributed by atoms with van der Waals surface area (Å²) < 4.78 is 0. The monoisotopic (exact) mass is 201 g/mol. The van der Waals surface area contributed by atoms with Gasteiger partial charge in [-0.3, -0.25) is 15.2 Å². The van der Waals surface area contributed by atoms with Crippen LogP contribution in [0, 0.1) is 0 Å². The fourth-order valence-corrected chi connectivity index (χ4v) is 1.15. The highest BCUT2D eigenvalue weighted by Crippen LogP contribution is 2.08. The number of nitrogens with two attached hydrogens (primary N) is 1. The number of thioether (sulfide) groups is 1. The Bertz CT molecular complexity index is 298. The van der Waals surface area contributed by atoms with E-state index in [0.717, 1.165) is 11.8 Å². The minimum absolute atomic E-state index is 0.0676. The molecule has 0 spiro atoms. The van der Waals surface area contributed by atoms with E-state index in [2.05, 4.69) is 15.2 Å². The van der Waals surface area contributed by atoms with E-state index in [0.29, 0.717) is 5.16 Å². The molecule has 0 atom stereocenters. The first-order valence-corrected chi connectivity index (χ1v) is 4.24. The van der Waals surface area contributed by atoms with E-state index in [4.69, 9.17) is 5.73 Å². The Labute approximate surface area is 77.5 Å². The molecule has 1 aromatic heterocycles. The second-order valence-electron chi connectivity index (χ2n) is 1.99. The molecule has 0 saturated heterocycles. The standard InChI is InChI=1S/C5H7N5O2S/c6-4(12)9-3(11)1-13-5-7-2-8-10-5/h2H,1H2,(H,7,8,10)(H3,6,9,11,12). The SMILES string of the molecule is NC(=O)NC(=O)CSc1ncn[nH]1. The molecule has 1 rings (SSSR count). The second-order valence-corrected chi connectivity index (χ2v) is 2.96. The fraction of sp³-hybridized carbons (Fsp3) is 0.200. The van der Waals surface area contributed by atoms with Crippen molar-refractivity contribution in [3.63, 3.8) is 0 Å². The number of hydrogen-bond acceptors (Lipinski definition) is 5. The molecule has 70 valence electrons. The van der Waals surface area contributed by atoms with Gasteiger partial charge in [0, 0.05) is 0 Å². The third kappa shape index (κ3) is 3.56. The van der Waals surface area contributed by atoms with Crippen molar-refractivity contribution in [2.45, 2.75) is 5.16 Å². The minimum Gasteiger partial charge on any atom is -0.351 e. The number of nitrogens with zero attached hydrogens (tertiary/aromatic N) is 2. The Balaban J connectivity index is 2.27. The molecule has 0 aliphatic carbocycles. The van der Waals surface area contributed by atoms with Crippen LogP contribution in [0.4, 0.5) is 4.79 Å². The number of urea groups is 1. The highest BCUT2D eigenvalue weighted by molar-refractivity contribution is 7.99. The molecule has 0 saturated carbocycles. The first kappa shape index (κ1) is 9.52. The van der Waals surface area contributed by atoms with Crippen LogP contribution in [-0.4, -0.2) is 32.9 Å². The molecule has 8 heteroatoms. The largest absolute Gasteiger partial charge is 0.351 e. The van der Waals surface area contributed by atoms with Gasteiger partial charge in [-0.1, -0.05) is 11.8 Å². The summed E-state index contributed by atoms with van der Waals surface area (Å²) in [6.07, 6.45) is 1.33. The summed E-state index contributed by atoms with van der Waals surface area (Å²) in [5.41, 5.74) is 4.73. The summed E-state index contributed by atoms with van der Waals surface area (Å²) in [6.45, 7) is 0. The van der Waals surface area contributed by atoms with Gasteiger partial charge < -0.3 is 5.73 Å². The predicted molar refractivity (Wildman–Crippen MR) is 44.8 cm³/mol. The molecular formula is C5H7N5O2S. The summed E-state index contributed by atoms with van der Waals surface area (Å²) in [4.78, 5) is 24.8. The van der Waals surface area contributed by atoms with Crippen LogP contribution in [0.25, 0.3) is 0 Å². The zero-order valence-corrected chi connectivity index (χ0v) is 7.30. The number of rotatable bonds is 3. The Morgan fingerprint density at radius 3 is 3.00 bits per heavy atom. The molecule has 4 N–H and O–H groups in total. The van der Waals surface area contributed by atoms with Crippen molar-refractivity contribution in [2.75, 3.05) is 5.75 Å². The van der Waals surface area contributed by atoms with Crippen LogP contribution >= 0.6 is 11.8 Å². The first-order chi connectivity index (χ1) is 6.18. The quantitative estimate of drug-likeness (QED) is 0.548. The lowest BCUT2D eigenvalue weighted by molar-refractivity contribution is -0.117. The normalized spacial score (nSPS) is 9.54. The average Bonchev–Trinajstić information content (AvgIpc) is 2.51. The Morgan fingerprint density at radius 1 is 1.69 bits per heavy atom. The van der Waals surface area contributed by atoms with E-state index >= 15 is 0 Å². The third-order valence-electron chi connectivity index (χ3n) is 0.996. The highest BCUT2D eigenvalue weighted by atomic mass is 32.2. The third-order valence-corrected chi connectivity index (χ3v) is 1.87. The molecule has 13 heavy (non-hydrogen) atoms. The molecule has 0 aromatic carbocycles. The zero-order valence-electron chi connectivity index (χ0n) is 6.48. The van der Waals surface area contributed by atoms with Crippen molar-refractivity contribution in [3.8, 4) is 0 Å². The lowest BCUT2D eigenvalue weighted by Crippen LogP contribution is -2.36. The van der Waals surface area contributed by atoms with Gasteiger partial charge in [0.2, 0.25) is 5.91 Å². The molecule has 1 heterocycles. The Morgan fingerprint density at radius 2 is 2.46 bits per heavy atom. The van der Waals surface area contributed by atoms with Gasteiger partial charge in [0.05, 0.1) is 5.75 Å². The van der Waals surface area contributed by atoms with Crippen molar-refractivity contribution in [1.29, 1.82) is 0 Å². The van der Waals surface area contributed by atoms with Gasteiger partial charge >= 0.3 is 6.03 Å². The molecular weight excluding hydrogens is 194 g/mol. The molecule has 0 unspecified atom stereocenters. The molecule has 3 amide bonds. The van der Waals surface area contributed by atoms with Gasteiger partial charge in [-0.2, -0.15) is 5.10 Å². The van der Waals surface area contributed by atoms with Gasteiger partial charge in [-0.15, -0.1) is 0 Å². The number of amides is 3. The Hall–Kier alpha value is -1.57. The number of aromatic nitrogens is 3. The van der Waals surface area contributed by atoms with E-state index < -0.39 is 11.9 Å². The van der Waals surface area contributed by atoms with Crippen molar-refractivity contribution < 1.29 is 9.59 Å². The number of primary amides is 1. The number of H-pyrrole nitrogens is 1. The van der Waals surface area contributed by atoms with Crippen molar-refractivity contribution in [1.82, 2.24) is 20.5 Å². The number of carbonyl (C=O) groups excluding carboxylic acids is 2. The Kier molecular flexibility index (Phi) is 3.26. The van der Waals surface area contributed by atoms with E-state index in [1.54, 1.807) is 0 Å². The van der Waals surface area contributed by atoms with Crippen molar-refractivity contribution in [3.05, 3.63) is 6.33 Å². The minimum atomic E-state index is -0.858. The summed E-state index contributed by atoms with van der Waals surface area (Å²) in [7, 11) is 0. The maximum absolute atomic E-state index is 10.9. The smallest absolute Gasteiger partial charge is 0.318 e. The van der Waals surface area contributed by atoms with Crippen molar-refractivity contribution in [2.24, 2.45) is 5.73 Å². The zero-order chi connectivity index (χ0) is 9.68. The van der Waals surface area contributed by atoms with Crippen LogP contribution in [0.5, 0.6) is 0 Å². The summed E-state index contributed by atoms with van der Waals surface area (Å²) in [6, 6.07) is -0.858. The molecule has 0 aliphatic heterocycles. The first-order valence-electron chi connectivity index (χ1n) is 3.26. The number of carbonyl (C=O) groups is 2.